The van der Waals surface area contributed by atoms with Crippen LogP contribution in [0.3, 0.4) is 0 Å². The normalized spacial score (nSPS) is 23.4. The summed E-state index contributed by atoms with van der Waals surface area (Å²) in [4.78, 5) is 4.63. The number of aliphatic hydroxyl groups excluding tert-OH is 1. The standard InChI is InChI=1S/C14H29N3OS.HI/c1-5-15-13(17-10-14(2,3)19-4)16-9-11-7-6-8-12(11)18;/h11-12,18H,5-10H2,1-4H3,(H2,15,16,17);1H. The van der Waals surface area contributed by atoms with Crippen LogP contribution in [0.1, 0.15) is 40.0 Å². The first kappa shape index (κ1) is 20.3. The van der Waals surface area contributed by atoms with Crippen LogP contribution in [0.25, 0.3) is 0 Å². The van der Waals surface area contributed by atoms with Gasteiger partial charge in [0.25, 0.3) is 0 Å². The molecule has 2 unspecified atom stereocenters. The Hall–Kier alpha value is 0.310. The van der Waals surface area contributed by atoms with Crippen molar-refractivity contribution in [2.24, 2.45) is 10.9 Å². The Morgan fingerprint density at radius 3 is 2.55 bits per heavy atom. The minimum atomic E-state index is -0.141. The van der Waals surface area contributed by atoms with Crippen molar-refractivity contribution in [3.05, 3.63) is 0 Å². The Kier molecular flexibility index (Phi) is 10.3. The third kappa shape index (κ3) is 7.36. The van der Waals surface area contributed by atoms with Crippen LogP contribution < -0.4 is 10.6 Å². The van der Waals surface area contributed by atoms with Crippen molar-refractivity contribution in [2.45, 2.75) is 50.9 Å². The van der Waals surface area contributed by atoms with Crippen molar-refractivity contribution in [1.82, 2.24) is 10.6 Å². The van der Waals surface area contributed by atoms with Gasteiger partial charge in [-0.2, -0.15) is 11.8 Å². The number of nitrogens with one attached hydrogen (secondary N) is 2. The number of hydrogen-bond donors (Lipinski definition) is 3. The summed E-state index contributed by atoms with van der Waals surface area (Å²) in [7, 11) is 0. The number of hydrogen-bond acceptors (Lipinski definition) is 3. The van der Waals surface area contributed by atoms with Gasteiger partial charge in [-0.1, -0.05) is 6.42 Å². The topological polar surface area (TPSA) is 56.7 Å². The molecule has 0 aliphatic heterocycles. The molecule has 20 heavy (non-hydrogen) atoms. The van der Waals surface area contributed by atoms with E-state index < -0.39 is 0 Å². The van der Waals surface area contributed by atoms with Crippen molar-refractivity contribution in [1.29, 1.82) is 0 Å². The van der Waals surface area contributed by atoms with E-state index in [2.05, 4.69) is 42.7 Å². The molecule has 1 rings (SSSR count). The fourth-order valence-electron chi connectivity index (χ4n) is 2.16. The van der Waals surface area contributed by atoms with E-state index in [-0.39, 0.29) is 34.8 Å². The Bertz CT molecular complexity index is 300. The largest absolute Gasteiger partial charge is 0.393 e. The van der Waals surface area contributed by atoms with E-state index in [0.717, 1.165) is 44.9 Å². The second kappa shape index (κ2) is 10.1. The summed E-state index contributed by atoms with van der Waals surface area (Å²) >= 11 is 1.83. The molecule has 0 radical (unpaired) electrons. The molecule has 0 saturated heterocycles. The predicted octanol–water partition coefficient (Wildman–Crippen LogP) is 2.46. The fourth-order valence-corrected chi connectivity index (χ4v) is 2.35. The van der Waals surface area contributed by atoms with Crippen LogP contribution >= 0.6 is 35.7 Å². The zero-order chi connectivity index (χ0) is 14.3. The highest BCUT2D eigenvalue weighted by Crippen LogP contribution is 2.24. The van der Waals surface area contributed by atoms with Crippen molar-refractivity contribution < 1.29 is 5.11 Å². The first-order chi connectivity index (χ1) is 8.98. The number of halogens is 1. The lowest BCUT2D eigenvalue weighted by Gasteiger charge is -2.21. The molecule has 0 heterocycles. The number of aliphatic hydroxyl groups is 1. The minimum absolute atomic E-state index is 0. The molecule has 1 aliphatic carbocycles. The lowest BCUT2D eigenvalue weighted by molar-refractivity contribution is 0.134. The van der Waals surface area contributed by atoms with E-state index >= 15 is 0 Å². The lowest BCUT2D eigenvalue weighted by Crippen LogP contribution is -2.41. The molecule has 1 saturated carbocycles. The van der Waals surface area contributed by atoms with Crippen LogP contribution in [-0.4, -0.2) is 47.8 Å². The number of nitrogens with zero attached hydrogens (tertiary/aromatic N) is 1. The molecule has 1 aliphatic rings. The molecule has 0 aromatic carbocycles. The monoisotopic (exact) mass is 415 g/mol. The molecule has 120 valence electrons. The molecule has 6 heteroatoms. The highest BCUT2D eigenvalue weighted by Gasteiger charge is 2.25. The summed E-state index contributed by atoms with van der Waals surface area (Å²) in [6.45, 7) is 8.93. The molecule has 1 fully saturated rings. The summed E-state index contributed by atoms with van der Waals surface area (Å²) in [5.41, 5.74) is 0. The minimum Gasteiger partial charge on any atom is -0.393 e. The average molecular weight is 415 g/mol. The number of guanidine groups is 1. The van der Waals surface area contributed by atoms with Gasteiger partial charge in [-0.25, -0.2) is 0 Å². The van der Waals surface area contributed by atoms with E-state index in [1.165, 1.54) is 0 Å². The second-order valence-electron chi connectivity index (χ2n) is 5.80. The van der Waals surface area contributed by atoms with Crippen molar-refractivity contribution in [3.8, 4) is 0 Å². The molecule has 0 spiro atoms. The van der Waals surface area contributed by atoms with Gasteiger partial charge in [-0.3, -0.25) is 4.99 Å². The van der Waals surface area contributed by atoms with Crippen LogP contribution in [0.4, 0.5) is 0 Å². The summed E-state index contributed by atoms with van der Waals surface area (Å²) in [6.07, 6.45) is 5.17. The van der Waals surface area contributed by atoms with E-state index in [1.54, 1.807) is 0 Å². The summed E-state index contributed by atoms with van der Waals surface area (Å²) in [5.74, 6) is 1.24. The maximum atomic E-state index is 9.83. The smallest absolute Gasteiger partial charge is 0.191 e. The number of rotatable bonds is 6. The van der Waals surface area contributed by atoms with Crippen LogP contribution in [0.2, 0.25) is 0 Å². The highest BCUT2D eigenvalue weighted by atomic mass is 127. The van der Waals surface area contributed by atoms with Gasteiger partial charge < -0.3 is 15.7 Å². The van der Waals surface area contributed by atoms with Crippen LogP contribution in [-0.2, 0) is 0 Å². The molecule has 0 amide bonds. The van der Waals surface area contributed by atoms with E-state index in [1.807, 2.05) is 11.8 Å². The lowest BCUT2D eigenvalue weighted by atomic mass is 10.1. The van der Waals surface area contributed by atoms with Crippen molar-refractivity contribution >= 4 is 41.7 Å². The molecule has 4 nitrogen and oxygen atoms in total. The third-order valence-electron chi connectivity index (χ3n) is 3.67. The quantitative estimate of drug-likeness (QED) is 0.355. The van der Waals surface area contributed by atoms with Gasteiger partial charge in [0.2, 0.25) is 0 Å². The fraction of sp³-hybridized carbons (Fsp3) is 0.929. The molecule has 3 N–H and O–H groups in total. The van der Waals surface area contributed by atoms with Gasteiger partial charge in [0.05, 0.1) is 12.6 Å². The molecule has 0 bridgehead atoms. The van der Waals surface area contributed by atoms with Crippen molar-refractivity contribution in [3.63, 3.8) is 0 Å². The van der Waals surface area contributed by atoms with Gasteiger partial charge in [0.1, 0.15) is 0 Å². The van der Waals surface area contributed by atoms with Gasteiger partial charge in [-0.15, -0.1) is 24.0 Å². The first-order valence-corrected chi connectivity index (χ1v) is 8.46. The second-order valence-corrected chi connectivity index (χ2v) is 7.31. The Morgan fingerprint density at radius 1 is 1.35 bits per heavy atom. The number of aliphatic imine (C=N–C) groups is 1. The van der Waals surface area contributed by atoms with E-state index in [9.17, 15) is 5.11 Å². The van der Waals surface area contributed by atoms with Crippen molar-refractivity contribution in [2.75, 3.05) is 25.9 Å². The molecule has 0 aromatic heterocycles. The highest BCUT2D eigenvalue weighted by molar-refractivity contribution is 14.0. The van der Waals surface area contributed by atoms with Crippen LogP contribution in [0.15, 0.2) is 4.99 Å². The van der Waals surface area contributed by atoms with E-state index in [0.29, 0.717) is 5.92 Å². The zero-order valence-corrected chi connectivity index (χ0v) is 16.3. The maximum absolute atomic E-state index is 9.83. The SMILES string of the molecule is CCNC(=NCC(C)(C)SC)NCC1CCCC1O.I. The van der Waals surface area contributed by atoms with Gasteiger partial charge in [0.15, 0.2) is 5.96 Å². The average Bonchev–Trinajstić information content (AvgIpc) is 2.78. The van der Waals surface area contributed by atoms with E-state index in [4.69, 9.17) is 0 Å². The summed E-state index contributed by atoms with van der Waals surface area (Å²) in [5, 5.41) is 16.5. The van der Waals surface area contributed by atoms with Gasteiger partial charge >= 0.3 is 0 Å². The third-order valence-corrected chi connectivity index (χ3v) is 4.90. The van der Waals surface area contributed by atoms with Gasteiger partial charge in [-0.05, 0) is 39.9 Å². The summed E-state index contributed by atoms with van der Waals surface area (Å²) < 4.78 is 0.162. The Labute approximate surface area is 145 Å². The molecule has 2 atom stereocenters. The predicted molar refractivity (Wildman–Crippen MR) is 100 cm³/mol. The zero-order valence-electron chi connectivity index (χ0n) is 13.1. The molecular weight excluding hydrogens is 385 g/mol. The molecule has 0 aromatic rings. The molecular formula is C14H30IN3OS. The Morgan fingerprint density at radius 2 is 2.05 bits per heavy atom. The maximum Gasteiger partial charge on any atom is 0.191 e. The Balaban J connectivity index is 0.00000361. The number of thioether (sulfide) groups is 1. The summed E-state index contributed by atoms with van der Waals surface area (Å²) in [6, 6.07) is 0. The first-order valence-electron chi connectivity index (χ1n) is 7.24. The van der Waals surface area contributed by atoms with Gasteiger partial charge in [0, 0.05) is 23.8 Å². The van der Waals surface area contributed by atoms with Crippen LogP contribution in [0, 0.1) is 5.92 Å². The van der Waals surface area contributed by atoms with Crippen LogP contribution in [0.5, 0.6) is 0 Å².